The number of hydrogen-bond donors (Lipinski definition) is 1. The van der Waals surface area contributed by atoms with Crippen molar-refractivity contribution in [1.29, 1.82) is 0 Å². The summed E-state index contributed by atoms with van der Waals surface area (Å²) >= 11 is 0. The zero-order valence-corrected chi connectivity index (χ0v) is 13.5. The summed E-state index contributed by atoms with van der Waals surface area (Å²) in [5, 5.41) is 7.15. The second kappa shape index (κ2) is 6.87. The van der Waals surface area contributed by atoms with Crippen LogP contribution in [0.2, 0.25) is 0 Å². The van der Waals surface area contributed by atoms with E-state index in [2.05, 4.69) is 15.2 Å². The number of rotatable bonds is 4. The van der Waals surface area contributed by atoms with Gasteiger partial charge in [0.15, 0.2) is 0 Å². The summed E-state index contributed by atoms with van der Waals surface area (Å²) in [5.74, 6) is 0.237. The third-order valence-electron chi connectivity index (χ3n) is 4.08. The Kier molecular flexibility index (Phi) is 4.66. The maximum absolute atomic E-state index is 12.0. The van der Waals surface area contributed by atoms with Crippen molar-refractivity contribution < 1.29 is 9.53 Å². The number of hydrogen-bond acceptors (Lipinski definition) is 5. The molecule has 2 aromatic rings. The maximum Gasteiger partial charge on any atom is 0.248 e. The predicted octanol–water partition coefficient (Wildman–Crippen LogP) is 1.53. The summed E-state index contributed by atoms with van der Waals surface area (Å²) in [4.78, 5) is 22.9. The minimum absolute atomic E-state index is 0.0317. The summed E-state index contributed by atoms with van der Waals surface area (Å²) in [6, 6.07) is 1.95. The number of aryl methyl sites for hydroxylation is 1. The van der Waals surface area contributed by atoms with Gasteiger partial charge in [0.25, 0.3) is 0 Å². The number of carbonyl (C=O) groups is 1. The molecule has 0 bridgehead atoms. The van der Waals surface area contributed by atoms with Crippen LogP contribution in [0.4, 0.5) is 0 Å². The van der Waals surface area contributed by atoms with Crippen LogP contribution in [-0.4, -0.2) is 57.8 Å². The smallest absolute Gasteiger partial charge is 0.248 e. The molecule has 2 aromatic heterocycles. The van der Waals surface area contributed by atoms with Crippen LogP contribution in [0.3, 0.4) is 0 Å². The number of carbonyl (C=O) groups excluding carboxylic acids is 1. The van der Waals surface area contributed by atoms with Crippen molar-refractivity contribution in [2.45, 2.75) is 25.7 Å². The Balaban J connectivity index is 1.77. The molecule has 0 spiro atoms. The second-order valence-corrected chi connectivity index (χ2v) is 5.88. The molecule has 1 amide bonds. The highest BCUT2D eigenvalue weighted by atomic mass is 16.5. The van der Waals surface area contributed by atoms with Crippen molar-refractivity contribution in [3.8, 4) is 11.4 Å². The minimum atomic E-state index is 0.0317. The first-order valence-corrected chi connectivity index (χ1v) is 7.78. The normalized spacial score (nSPS) is 18.2. The first-order valence-electron chi connectivity index (χ1n) is 7.78. The van der Waals surface area contributed by atoms with Gasteiger partial charge in [0.05, 0.1) is 11.9 Å². The van der Waals surface area contributed by atoms with Crippen molar-refractivity contribution in [2.24, 2.45) is 0 Å². The molecule has 0 aliphatic carbocycles. The van der Waals surface area contributed by atoms with Crippen molar-refractivity contribution in [2.75, 3.05) is 26.8 Å². The number of piperidine rings is 1. The van der Waals surface area contributed by atoms with Crippen LogP contribution in [0.25, 0.3) is 11.4 Å². The first kappa shape index (κ1) is 15.6. The van der Waals surface area contributed by atoms with Gasteiger partial charge < -0.3 is 9.64 Å². The van der Waals surface area contributed by atoms with Crippen LogP contribution in [0, 0.1) is 6.92 Å². The van der Waals surface area contributed by atoms with Crippen LogP contribution >= 0.6 is 0 Å². The molecule has 7 heteroatoms. The molecule has 1 N–H and O–H groups in total. The second-order valence-electron chi connectivity index (χ2n) is 5.88. The quantitative estimate of drug-likeness (QED) is 0.925. The molecule has 3 heterocycles. The average molecular weight is 315 g/mol. The van der Waals surface area contributed by atoms with Gasteiger partial charge in [-0.05, 0) is 25.8 Å². The summed E-state index contributed by atoms with van der Waals surface area (Å²) in [6.45, 7) is 3.53. The standard InChI is InChI=1S/C16H21N5O2/c1-11-6-13(20-19-11)15-8-17-7-14(18-15)12-4-3-5-21(9-12)16(22)10-23-2/h6-8,12H,3-5,9-10H2,1-2H3,(H,19,20). The number of nitrogens with one attached hydrogen (secondary N) is 1. The molecule has 0 radical (unpaired) electrons. The van der Waals surface area contributed by atoms with E-state index >= 15 is 0 Å². The van der Waals surface area contributed by atoms with E-state index in [1.807, 2.05) is 17.9 Å². The third-order valence-corrected chi connectivity index (χ3v) is 4.08. The van der Waals surface area contributed by atoms with Gasteiger partial charge in [-0.1, -0.05) is 0 Å². The summed E-state index contributed by atoms with van der Waals surface area (Å²) < 4.78 is 4.95. The SMILES string of the molecule is COCC(=O)N1CCCC(c2cncc(-c3cc(C)[nH]n3)n2)C1. The summed E-state index contributed by atoms with van der Waals surface area (Å²) in [6.07, 6.45) is 5.48. The van der Waals surface area contributed by atoms with Gasteiger partial charge in [-0.25, -0.2) is 4.98 Å². The number of aromatic amines is 1. The van der Waals surface area contributed by atoms with Crippen LogP contribution in [0.1, 0.15) is 30.1 Å². The molecule has 1 aliphatic rings. The Morgan fingerprint density at radius 2 is 2.30 bits per heavy atom. The minimum Gasteiger partial charge on any atom is -0.375 e. The number of amides is 1. The molecule has 0 saturated carbocycles. The van der Waals surface area contributed by atoms with Gasteiger partial charge in [0.1, 0.15) is 18.0 Å². The Hall–Kier alpha value is -2.28. The third kappa shape index (κ3) is 3.56. The lowest BCUT2D eigenvalue weighted by atomic mass is 9.95. The van der Waals surface area contributed by atoms with E-state index in [-0.39, 0.29) is 18.4 Å². The Morgan fingerprint density at radius 3 is 3.04 bits per heavy atom. The van der Waals surface area contributed by atoms with Crippen molar-refractivity contribution >= 4 is 5.91 Å². The number of nitrogens with zero attached hydrogens (tertiary/aromatic N) is 4. The molecule has 122 valence electrons. The first-order chi connectivity index (χ1) is 11.2. The van der Waals surface area contributed by atoms with Gasteiger partial charge in [0, 0.05) is 38.0 Å². The summed E-state index contributed by atoms with van der Waals surface area (Å²) in [5.41, 5.74) is 3.45. The number of H-pyrrole nitrogens is 1. The molecule has 1 saturated heterocycles. The van der Waals surface area contributed by atoms with Crippen LogP contribution in [0.15, 0.2) is 18.5 Å². The number of ether oxygens (including phenoxy) is 1. The molecular formula is C16H21N5O2. The summed E-state index contributed by atoms with van der Waals surface area (Å²) in [7, 11) is 1.54. The highest BCUT2D eigenvalue weighted by molar-refractivity contribution is 5.77. The fraction of sp³-hybridized carbons (Fsp3) is 0.500. The molecule has 3 rings (SSSR count). The largest absolute Gasteiger partial charge is 0.375 e. The fourth-order valence-corrected chi connectivity index (χ4v) is 2.91. The van der Waals surface area contributed by atoms with E-state index in [1.54, 1.807) is 19.5 Å². The highest BCUT2D eigenvalue weighted by Crippen LogP contribution is 2.26. The Labute approximate surface area is 135 Å². The molecule has 23 heavy (non-hydrogen) atoms. The van der Waals surface area contributed by atoms with Crippen molar-refractivity contribution in [3.63, 3.8) is 0 Å². The molecule has 0 aromatic carbocycles. The zero-order chi connectivity index (χ0) is 16.2. The molecule has 1 aliphatic heterocycles. The molecule has 1 unspecified atom stereocenters. The van der Waals surface area contributed by atoms with E-state index < -0.39 is 0 Å². The number of likely N-dealkylation sites (tertiary alicyclic amines) is 1. The molecule has 1 atom stereocenters. The molecule has 1 fully saturated rings. The lowest BCUT2D eigenvalue weighted by molar-refractivity contribution is -0.136. The van der Waals surface area contributed by atoms with Gasteiger partial charge >= 0.3 is 0 Å². The van der Waals surface area contributed by atoms with Crippen molar-refractivity contribution in [1.82, 2.24) is 25.1 Å². The lowest BCUT2D eigenvalue weighted by Gasteiger charge is -2.32. The molecular weight excluding hydrogens is 294 g/mol. The van der Waals surface area contributed by atoms with Crippen LogP contribution in [0.5, 0.6) is 0 Å². The number of aromatic nitrogens is 4. The van der Waals surface area contributed by atoms with E-state index in [0.29, 0.717) is 6.54 Å². The van der Waals surface area contributed by atoms with Crippen LogP contribution in [-0.2, 0) is 9.53 Å². The van der Waals surface area contributed by atoms with Gasteiger partial charge in [-0.2, -0.15) is 5.10 Å². The Bertz CT molecular complexity index is 685. The molecule has 7 nitrogen and oxygen atoms in total. The van der Waals surface area contributed by atoms with E-state index in [4.69, 9.17) is 9.72 Å². The van der Waals surface area contributed by atoms with Gasteiger partial charge in [-0.15, -0.1) is 0 Å². The van der Waals surface area contributed by atoms with Gasteiger partial charge in [-0.3, -0.25) is 14.9 Å². The Morgan fingerprint density at radius 1 is 1.43 bits per heavy atom. The topological polar surface area (TPSA) is 84.0 Å². The maximum atomic E-state index is 12.0. The highest BCUT2D eigenvalue weighted by Gasteiger charge is 2.26. The van der Waals surface area contributed by atoms with Crippen molar-refractivity contribution in [3.05, 3.63) is 29.8 Å². The van der Waals surface area contributed by atoms with Crippen LogP contribution < -0.4 is 0 Å². The van der Waals surface area contributed by atoms with Gasteiger partial charge in [0.2, 0.25) is 5.91 Å². The average Bonchev–Trinajstić information content (AvgIpc) is 3.02. The zero-order valence-electron chi connectivity index (χ0n) is 13.5. The number of methoxy groups -OCH3 is 1. The lowest BCUT2D eigenvalue weighted by Crippen LogP contribution is -2.41. The monoisotopic (exact) mass is 315 g/mol. The predicted molar refractivity (Wildman–Crippen MR) is 84.8 cm³/mol. The van der Waals surface area contributed by atoms with E-state index in [9.17, 15) is 4.79 Å². The van der Waals surface area contributed by atoms with E-state index in [0.717, 1.165) is 42.2 Å². The fourth-order valence-electron chi connectivity index (χ4n) is 2.91. The van der Waals surface area contributed by atoms with E-state index in [1.165, 1.54) is 0 Å².